The molecule has 2 amide bonds. The predicted molar refractivity (Wildman–Crippen MR) is 142 cm³/mol. The summed E-state index contributed by atoms with van der Waals surface area (Å²) < 4.78 is 0. The summed E-state index contributed by atoms with van der Waals surface area (Å²) in [5.74, 6) is 0.627. The summed E-state index contributed by atoms with van der Waals surface area (Å²) >= 11 is 11.6. The summed E-state index contributed by atoms with van der Waals surface area (Å²) in [5, 5.41) is 1.57. The van der Waals surface area contributed by atoms with Crippen LogP contribution in [0.25, 0.3) is 10.8 Å². The van der Waals surface area contributed by atoms with Crippen LogP contribution in [0, 0.1) is 11.8 Å². The molecule has 2 aromatic rings. The highest BCUT2D eigenvalue weighted by molar-refractivity contribution is 7.81. The molecule has 0 aromatic heterocycles. The van der Waals surface area contributed by atoms with Crippen molar-refractivity contribution in [2.24, 2.45) is 11.8 Å². The molecule has 2 aromatic carbocycles. The first kappa shape index (κ1) is 24.0. The van der Waals surface area contributed by atoms with Crippen LogP contribution in [0.2, 0.25) is 0 Å². The van der Waals surface area contributed by atoms with Gasteiger partial charge >= 0.3 is 0 Å². The van der Waals surface area contributed by atoms with Gasteiger partial charge in [0, 0.05) is 46.1 Å². The van der Waals surface area contributed by atoms with Crippen molar-refractivity contribution in [3.8, 4) is 0 Å². The van der Waals surface area contributed by atoms with Gasteiger partial charge in [-0.3, -0.25) is 19.4 Å². The van der Waals surface area contributed by atoms with Crippen LogP contribution in [0.4, 0.5) is 0 Å². The molecule has 0 spiro atoms. The molecule has 2 aliphatic rings. The lowest BCUT2D eigenvalue weighted by Gasteiger charge is -2.36. The molecular weight excluding hydrogens is 448 g/mol. The van der Waals surface area contributed by atoms with Crippen LogP contribution >= 0.6 is 24.4 Å². The highest BCUT2D eigenvalue weighted by Gasteiger charge is 2.37. The topological polar surface area (TPSA) is 40.6 Å². The van der Waals surface area contributed by atoms with Crippen LogP contribution in [0.15, 0.2) is 24.3 Å². The Morgan fingerprint density at radius 2 is 1.24 bits per heavy atom. The van der Waals surface area contributed by atoms with Crippen molar-refractivity contribution in [1.29, 1.82) is 0 Å². The fourth-order valence-electron chi connectivity index (χ4n) is 4.92. The minimum absolute atomic E-state index is 0.0634. The number of carbonyl (C=O) groups is 2. The normalized spacial score (nSPS) is 17.2. The van der Waals surface area contributed by atoms with E-state index in [0.717, 1.165) is 54.0 Å². The van der Waals surface area contributed by atoms with Crippen LogP contribution < -0.4 is 0 Å². The molecule has 2 unspecified atom stereocenters. The monoisotopic (exact) mass is 480 g/mol. The zero-order valence-corrected chi connectivity index (χ0v) is 21.6. The predicted octanol–water partition coefficient (Wildman–Crippen LogP) is 6.36. The Hall–Kier alpha value is -2.18. The molecule has 4 nitrogen and oxygen atoms in total. The van der Waals surface area contributed by atoms with E-state index < -0.39 is 0 Å². The molecule has 0 aliphatic carbocycles. The molecule has 174 valence electrons. The minimum atomic E-state index is -0.0806. The number of unbranched alkanes of at least 4 members (excludes halogenated alkanes) is 1. The third-order valence-corrected chi connectivity index (χ3v) is 8.12. The number of rotatable bonds is 9. The summed E-state index contributed by atoms with van der Waals surface area (Å²) in [5.41, 5.74) is 2.94. The quantitative estimate of drug-likeness (QED) is 0.391. The molecule has 2 atom stereocenters. The number of thiocarbonyl (C=S) groups is 2. The van der Waals surface area contributed by atoms with Gasteiger partial charge in [0.15, 0.2) is 0 Å². The molecule has 0 N–H and O–H groups in total. The summed E-state index contributed by atoms with van der Waals surface area (Å²) in [4.78, 5) is 31.6. The van der Waals surface area contributed by atoms with E-state index in [1.165, 1.54) is 0 Å². The van der Waals surface area contributed by atoms with E-state index in [1.807, 2.05) is 24.3 Å². The fraction of sp³-hybridized carbons (Fsp3) is 0.481. The van der Waals surface area contributed by atoms with E-state index in [2.05, 4.69) is 27.7 Å². The zero-order chi connectivity index (χ0) is 23.9. The first-order valence-corrected chi connectivity index (χ1v) is 13.0. The lowest BCUT2D eigenvalue weighted by atomic mass is 9.85. The molecule has 6 heteroatoms. The van der Waals surface area contributed by atoms with E-state index in [4.69, 9.17) is 24.4 Å². The van der Waals surface area contributed by atoms with Crippen molar-refractivity contribution < 1.29 is 9.59 Å². The summed E-state index contributed by atoms with van der Waals surface area (Å²) in [6, 6.07) is 7.58. The average molecular weight is 481 g/mol. The van der Waals surface area contributed by atoms with Gasteiger partial charge in [-0.15, -0.1) is 0 Å². The molecular formula is C27H32N2O2S2. The molecule has 2 heterocycles. The Balaban J connectivity index is 1.78. The molecule has 0 bridgehead atoms. The number of benzene rings is 2. The highest BCUT2D eigenvalue weighted by Crippen LogP contribution is 2.39. The maximum atomic E-state index is 13.6. The van der Waals surface area contributed by atoms with Crippen LogP contribution in [0.3, 0.4) is 0 Å². The highest BCUT2D eigenvalue weighted by atomic mass is 32.1. The molecule has 2 aliphatic heterocycles. The second-order valence-corrected chi connectivity index (χ2v) is 10.2. The average Bonchev–Trinajstić information content (AvgIpc) is 2.83. The maximum Gasteiger partial charge on any atom is 0.259 e. The van der Waals surface area contributed by atoms with Crippen molar-refractivity contribution in [2.75, 3.05) is 13.1 Å². The Morgan fingerprint density at radius 3 is 1.70 bits per heavy atom. The van der Waals surface area contributed by atoms with Gasteiger partial charge in [-0.25, -0.2) is 0 Å². The number of hydrogen-bond acceptors (Lipinski definition) is 4. The summed E-state index contributed by atoms with van der Waals surface area (Å²) in [6.07, 6.45) is 5.38. The van der Waals surface area contributed by atoms with Gasteiger partial charge in [-0.05, 0) is 30.4 Å². The Labute approximate surface area is 207 Å². The molecule has 0 saturated heterocycles. The second-order valence-electron chi connectivity index (χ2n) is 9.44. The van der Waals surface area contributed by atoms with E-state index in [1.54, 1.807) is 9.80 Å². The minimum Gasteiger partial charge on any atom is -0.298 e. The summed E-state index contributed by atoms with van der Waals surface area (Å²) in [7, 11) is 0. The van der Waals surface area contributed by atoms with Crippen molar-refractivity contribution >= 4 is 57.0 Å². The SMILES string of the molecule is CCCCC(CC)CN1C(=O)c2ccc3c4c(ccc(c24)C1=S)C(=O)N(CC(C)CC)C3=S. The van der Waals surface area contributed by atoms with E-state index in [0.29, 0.717) is 46.0 Å². The Morgan fingerprint density at radius 1 is 0.758 bits per heavy atom. The molecule has 0 radical (unpaired) electrons. The smallest absolute Gasteiger partial charge is 0.259 e. The lowest BCUT2D eigenvalue weighted by molar-refractivity contribution is 0.0821. The van der Waals surface area contributed by atoms with Gasteiger partial charge in [0.25, 0.3) is 11.8 Å². The largest absolute Gasteiger partial charge is 0.298 e. The first-order chi connectivity index (χ1) is 15.8. The van der Waals surface area contributed by atoms with Gasteiger partial charge in [0.2, 0.25) is 0 Å². The zero-order valence-electron chi connectivity index (χ0n) is 19.9. The van der Waals surface area contributed by atoms with Crippen molar-refractivity contribution in [3.63, 3.8) is 0 Å². The van der Waals surface area contributed by atoms with Crippen molar-refractivity contribution in [1.82, 2.24) is 9.80 Å². The van der Waals surface area contributed by atoms with Gasteiger partial charge < -0.3 is 0 Å². The number of carbonyl (C=O) groups excluding carboxylic acids is 2. The van der Waals surface area contributed by atoms with E-state index >= 15 is 0 Å². The van der Waals surface area contributed by atoms with Gasteiger partial charge in [-0.2, -0.15) is 0 Å². The Bertz CT molecular complexity index is 1090. The molecule has 0 saturated carbocycles. The van der Waals surface area contributed by atoms with Crippen molar-refractivity contribution in [3.05, 3.63) is 46.5 Å². The number of nitrogens with zero attached hydrogens (tertiary/aromatic N) is 2. The number of amides is 2. The van der Waals surface area contributed by atoms with Gasteiger partial charge in [0.05, 0.1) is 0 Å². The van der Waals surface area contributed by atoms with Crippen molar-refractivity contribution in [2.45, 2.75) is 59.8 Å². The number of hydrogen-bond donors (Lipinski definition) is 0. The summed E-state index contributed by atoms with van der Waals surface area (Å²) in [6.45, 7) is 9.84. The van der Waals surface area contributed by atoms with Gasteiger partial charge in [-0.1, -0.05) is 89.9 Å². The fourth-order valence-corrected chi connectivity index (χ4v) is 5.58. The molecule has 33 heavy (non-hydrogen) atoms. The van der Waals surface area contributed by atoms with Crippen LogP contribution in [0.1, 0.15) is 91.6 Å². The maximum absolute atomic E-state index is 13.6. The standard InChI is InChI=1S/C27H32N2O2S2/c1-5-8-9-17(7-3)15-29-25(31)19-11-12-20-22-18(10-13-21(23(19)22)27(29)33)24(30)28(26(20)32)14-16(4)6-2/h10-13,16-17H,5-9,14-15H2,1-4H3. The third-order valence-electron chi connectivity index (χ3n) is 7.24. The van der Waals surface area contributed by atoms with Crippen LogP contribution in [-0.4, -0.2) is 44.7 Å². The molecule has 0 fully saturated rings. The second kappa shape index (κ2) is 9.59. The molecule has 4 rings (SSSR count). The van der Waals surface area contributed by atoms with Gasteiger partial charge in [0.1, 0.15) is 9.98 Å². The van der Waals surface area contributed by atoms with E-state index in [-0.39, 0.29) is 11.8 Å². The third kappa shape index (κ3) is 4.01. The van der Waals surface area contributed by atoms with E-state index in [9.17, 15) is 9.59 Å². The van der Waals surface area contributed by atoms with Crippen LogP contribution in [-0.2, 0) is 0 Å². The first-order valence-electron chi connectivity index (χ1n) is 12.2. The van der Waals surface area contributed by atoms with Crippen LogP contribution in [0.5, 0.6) is 0 Å². The lowest BCUT2D eigenvalue weighted by Crippen LogP contribution is -2.44. The Kier molecular flexibility index (Phi) is 6.96.